The fraction of sp³-hybridized carbons (Fsp3) is 0.308. The molecule has 0 radical (unpaired) electrons. The van der Waals surface area contributed by atoms with Gasteiger partial charge in [-0.3, -0.25) is 0 Å². The number of benzene rings is 1. The highest BCUT2D eigenvalue weighted by Crippen LogP contribution is 2.31. The lowest BCUT2D eigenvalue weighted by molar-refractivity contribution is 0.419. The van der Waals surface area contributed by atoms with Crippen LogP contribution >= 0.6 is 0 Å². The summed E-state index contributed by atoms with van der Waals surface area (Å²) in [4.78, 5) is 4.13. The van der Waals surface area contributed by atoms with E-state index in [1.807, 2.05) is 19.9 Å². The molecule has 0 atom stereocenters. The van der Waals surface area contributed by atoms with E-state index in [2.05, 4.69) is 4.98 Å². The SMILES string of the molecule is COc1ccc(F)c2nc(N)c(C(C)C)cc12. The smallest absolute Gasteiger partial charge is 0.149 e. The van der Waals surface area contributed by atoms with Gasteiger partial charge in [-0.15, -0.1) is 0 Å². The third-order valence-electron chi connectivity index (χ3n) is 2.80. The quantitative estimate of drug-likeness (QED) is 0.868. The molecule has 0 saturated carbocycles. The Balaban J connectivity index is 2.82. The van der Waals surface area contributed by atoms with Crippen molar-refractivity contribution < 1.29 is 9.13 Å². The first-order valence-corrected chi connectivity index (χ1v) is 5.47. The number of nitrogens with zero attached hydrogens (tertiary/aromatic N) is 1. The molecule has 0 bridgehead atoms. The number of aromatic nitrogens is 1. The van der Waals surface area contributed by atoms with Crippen LogP contribution in [0.15, 0.2) is 18.2 Å². The Morgan fingerprint density at radius 3 is 2.65 bits per heavy atom. The number of hydrogen-bond donors (Lipinski definition) is 1. The molecule has 3 nitrogen and oxygen atoms in total. The van der Waals surface area contributed by atoms with Crippen LogP contribution in [0, 0.1) is 5.82 Å². The van der Waals surface area contributed by atoms with E-state index in [1.54, 1.807) is 13.2 Å². The van der Waals surface area contributed by atoms with Crippen molar-refractivity contribution in [3.63, 3.8) is 0 Å². The van der Waals surface area contributed by atoms with Crippen LogP contribution in [0.1, 0.15) is 25.3 Å². The van der Waals surface area contributed by atoms with Gasteiger partial charge >= 0.3 is 0 Å². The predicted molar refractivity (Wildman–Crippen MR) is 66.8 cm³/mol. The van der Waals surface area contributed by atoms with Gasteiger partial charge in [0, 0.05) is 5.39 Å². The zero-order chi connectivity index (χ0) is 12.6. The minimum Gasteiger partial charge on any atom is -0.496 e. The third kappa shape index (κ3) is 1.90. The van der Waals surface area contributed by atoms with Gasteiger partial charge in [0.25, 0.3) is 0 Å². The van der Waals surface area contributed by atoms with Crippen molar-refractivity contribution in [2.24, 2.45) is 0 Å². The Labute approximate surface area is 99.4 Å². The molecule has 4 heteroatoms. The summed E-state index contributed by atoms with van der Waals surface area (Å²) < 4.78 is 18.9. The highest BCUT2D eigenvalue weighted by Gasteiger charge is 2.13. The van der Waals surface area contributed by atoms with Gasteiger partial charge < -0.3 is 10.5 Å². The van der Waals surface area contributed by atoms with Crippen molar-refractivity contribution in [3.05, 3.63) is 29.6 Å². The number of rotatable bonds is 2. The maximum atomic E-state index is 13.6. The van der Waals surface area contributed by atoms with Crippen molar-refractivity contribution in [1.82, 2.24) is 4.98 Å². The molecule has 0 spiro atoms. The second kappa shape index (κ2) is 4.20. The summed E-state index contributed by atoms with van der Waals surface area (Å²) in [6.45, 7) is 4.04. The van der Waals surface area contributed by atoms with Crippen molar-refractivity contribution in [2.45, 2.75) is 19.8 Å². The molecule has 17 heavy (non-hydrogen) atoms. The van der Waals surface area contributed by atoms with Gasteiger partial charge in [0.15, 0.2) is 0 Å². The predicted octanol–water partition coefficient (Wildman–Crippen LogP) is 3.09. The molecule has 2 N–H and O–H groups in total. The van der Waals surface area contributed by atoms with Crippen LogP contribution in [0.2, 0.25) is 0 Å². The van der Waals surface area contributed by atoms with Gasteiger partial charge in [0.2, 0.25) is 0 Å². The number of halogens is 1. The van der Waals surface area contributed by atoms with Gasteiger partial charge in [-0.05, 0) is 29.7 Å². The first kappa shape index (κ1) is 11.6. The van der Waals surface area contributed by atoms with Crippen molar-refractivity contribution >= 4 is 16.7 Å². The van der Waals surface area contributed by atoms with Gasteiger partial charge in [-0.2, -0.15) is 0 Å². The molecule has 0 aliphatic rings. The maximum Gasteiger partial charge on any atom is 0.149 e. The molecule has 0 amide bonds. The highest BCUT2D eigenvalue weighted by atomic mass is 19.1. The van der Waals surface area contributed by atoms with E-state index in [9.17, 15) is 4.39 Å². The zero-order valence-electron chi connectivity index (χ0n) is 10.1. The Morgan fingerprint density at radius 1 is 1.35 bits per heavy atom. The Hall–Kier alpha value is -1.84. The van der Waals surface area contributed by atoms with Crippen LogP contribution in [0.25, 0.3) is 10.9 Å². The van der Waals surface area contributed by atoms with Crippen LogP contribution in [-0.2, 0) is 0 Å². The number of methoxy groups -OCH3 is 1. The minimum absolute atomic E-state index is 0.236. The lowest BCUT2D eigenvalue weighted by Crippen LogP contribution is -2.01. The van der Waals surface area contributed by atoms with E-state index in [0.29, 0.717) is 17.0 Å². The second-order valence-electron chi connectivity index (χ2n) is 4.26. The molecule has 1 aromatic heterocycles. The van der Waals surface area contributed by atoms with Crippen LogP contribution in [0.4, 0.5) is 10.2 Å². The fourth-order valence-electron chi connectivity index (χ4n) is 1.87. The molecule has 1 heterocycles. The lowest BCUT2D eigenvalue weighted by Gasteiger charge is -2.12. The van der Waals surface area contributed by atoms with E-state index >= 15 is 0 Å². The van der Waals surface area contributed by atoms with E-state index in [0.717, 1.165) is 5.56 Å². The van der Waals surface area contributed by atoms with Gasteiger partial charge in [0.05, 0.1) is 7.11 Å². The van der Waals surface area contributed by atoms with Crippen molar-refractivity contribution in [1.29, 1.82) is 0 Å². The number of nitrogen functional groups attached to an aromatic ring is 1. The van der Waals surface area contributed by atoms with Gasteiger partial charge in [0.1, 0.15) is 22.9 Å². The summed E-state index contributed by atoms with van der Waals surface area (Å²) in [5.41, 5.74) is 6.99. The molecule has 2 aromatic rings. The first-order chi connectivity index (χ1) is 8.04. The molecule has 0 aliphatic carbocycles. The molecule has 1 aromatic carbocycles. The van der Waals surface area contributed by atoms with E-state index in [1.165, 1.54) is 6.07 Å². The van der Waals surface area contributed by atoms with Crippen LogP contribution < -0.4 is 10.5 Å². The number of anilines is 1. The fourth-order valence-corrected chi connectivity index (χ4v) is 1.87. The minimum atomic E-state index is -0.386. The molecule has 0 fully saturated rings. The number of hydrogen-bond acceptors (Lipinski definition) is 3. The molecular formula is C13H15FN2O. The maximum absolute atomic E-state index is 13.6. The number of nitrogens with two attached hydrogens (primary N) is 1. The van der Waals surface area contributed by atoms with Gasteiger partial charge in [-0.1, -0.05) is 13.8 Å². The molecule has 2 rings (SSSR count). The average molecular weight is 234 g/mol. The summed E-state index contributed by atoms with van der Waals surface area (Å²) in [5, 5.41) is 0.658. The standard InChI is InChI=1S/C13H15FN2O/c1-7(2)8-6-9-11(17-3)5-4-10(14)12(9)16-13(8)15/h4-7H,1-3H3,(H2,15,16). The largest absolute Gasteiger partial charge is 0.496 e. The lowest BCUT2D eigenvalue weighted by atomic mass is 10.0. The zero-order valence-corrected chi connectivity index (χ0v) is 10.1. The Kier molecular flexibility index (Phi) is 2.88. The monoisotopic (exact) mass is 234 g/mol. The highest BCUT2D eigenvalue weighted by molar-refractivity contribution is 5.88. The molecule has 0 unspecified atom stereocenters. The summed E-state index contributed by atoms with van der Waals surface area (Å²) in [6, 6.07) is 4.78. The topological polar surface area (TPSA) is 48.1 Å². The number of ether oxygens (including phenoxy) is 1. The van der Waals surface area contributed by atoms with E-state index in [-0.39, 0.29) is 17.3 Å². The molecular weight excluding hydrogens is 219 g/mol. The van der Waals surface area contributed by atoms with Crippen molar-refractivity contribution in [3.8, 4) is 5.75 Å². The molecule has 0 aliphatic heterocycles. The molecule has 0 saturated heterocycles. The van der Waals surface area contributed by atoms with Gasteiger partial charge in [-0.25, -0.2) is 9.37 Å². The average Bonchev–Trinajstić information content (AvgIpc) is 2.29. The van der Waals surface area contributed by atoms with E-state index < -0.39 is 0 Å². The summed E-state index contributed by atoms with van der Waals surface area (Å²) in [7, 11) is 1.55. The van der Waals surface area contributed by atoms with Crippen LogP contribution in [0.5, 0.6) is 5.75 Å². The second-order valence-corrected chi connectivity index (χ2v) is 4.26. The number of pyridine rings is 1. The Morgan fingerprint density at radius 2 is 2.06 bits per heavy atom. The Bertz CT molecular complexity index is 567. The summed E-state index contributed by atoms with van der Waals surface area (Å²) in [5.74, 6) is 0.832. The third-order valence-corrected chi connectivity index (χ3v) is 2.80. The summed E-state index contributed by atoms with van der Waals surface area (Å²) >= 11 is 0. The summed E-state index contributed by atoms with van der Waals surface area (Å²) in [6.07, 6.45) is 0. The molecule has 90 valence electrons. The first-order valence-electron chi connectivity index (χ1n) is 5.47. The van der Waals surface area contributed by atoms with Crippen molar-refractivity contribution in [2.75, 3.05) is 12.8 Å². The number of fused-ring (bicyclic) bond motifs is 1. The normalized spacial score (nSPS) is 11.1. The van der Waals surface area contributed by atoms with Crippen LogP contribution in [-0.4, -0.2) is 12.1 Å². The van der Waals surface area contributed by atoms with E-state index in [4.69, 9.17) is 10.5 Å². The van der Waals surface area contributed by atoms with Crippen LogP contribution in [0.3, 0.4) is 0 Å².